The molecule has 0 aromatic heterocycles. The average molecular weight is 332 g/mol. The van der Waals surface area contributed by atoms with Crippen molar-refractivity contribution in [1.29, 1.82) is 0 Å². The van der Waals surface area contributed by atoms with Crippen molar-refractivity contribution in [2.45, 2.75) is 13.0 Å². The van der Waals surface area contributed by atoms with Gasteiger partial charge in [-0.15, -0.1) is 0 Å². The molecule has 0 spiro atoms. The Morgan fingerprint density at radius 1 is 1.21 bits per heavy atom. The summed E-state index contributed by atoms with van der Waals surface area (Å²) in [5.74, 6) is 1.18. The number of hydrogen-bond acceptors (Lipinski definition) is 6. The van der Waals surface area contributed by atoms with Gasteiger partial charge in [-0.25, -0.2) is 0 Å². The molecule has 0 aliphatic carbocycles. The number of aliphatic hydroxyl groups excluding tert-OH is 1. The number of rotatable bonds is 7. The molecule has 0 aliphatic heterocycles. The van der Waals surface area contributed by atoms with Crippen molar-refractivity contribution in [3.63, 3.8) is 0 Å². The number of nitrogens with one attached hydrogen (secondary N) is 1. The molecule has 0 amide bonds. The Bertz CT molecular complexity index is 733. The van der Waals surface area contributed by atoms with Gasteiger partial charge < -0.3 is 19.9 Å². The third kappa shape index (κ3) is 3.94. The summed E-state index contributed by atoms with van der Waals surface area (Å²) >= 11 is 0. The number of aliphatic hydroxyl groups is 1. The summed E-state index contributed by atoms with van der Waals surface area (Å²) in [6.45, 7) is 1.89. The number of hydrogen-bond donors (Lipinski definition) is 2. The summed E-state index contributed by atoms with van der Waals surface area (Å²) in [5, 5.41) is 24.3. The van der Waals surface area contributed by atoms with Gasteiger partial charge in [0.25, 0.3) is 5.69 Å². The van der Waals surface area contributed by atoms with Crippen molar-refractivity contribution in [2.75, 3.05) is 26.1 Å². The van der Waals surface area contributed by atoms with Crippen molar-refractivity contribution >= 4 is 11.4 Å². The Morgan fingerprint density at radius 3 is 2.54 bits per heavy atom. The molecule has 7 heteroatoms. The average Bonchev–Trinajstić information content (AvgIpc) is 2.58. The van der Waals surface area contributed by atoms with Gasteiger partial charge in [-0.1, -0.05) is 0 Å². The lowest BCUT2D eigenvalue weighted by Gasteiger charge is -2.17. The fourth-order valence-corrected chi connectivity index (χ4v) is 2.39. The Hall–Kier alpha value is -2.80. The van der Waals surface area contributed by atoms with Gasteiger partial charge in [0.05, 0.1) is 25.2 Å². The van der Waals surface area contributed by atoms with Crippen LogP contribution in [0, 0.1) is 17.0 Å². The first-order valence-corrected chi connectivity index (χ1v) is 7.35. The minimum absolute atomic E-state index is 0.0653. The SMILES string of the molecule is COc1ccc(OC)c(C(O)CNc2ccc([N+](=O)[O-])c(C)c2)c1. The van der Waals surface area contributed by atoms with E-state index in [0.717, 1.165) is 0 Å². The molecule has 0 saturated heterocycles. The maximum absolute atomic E-state index is 10.8. The highest BCUT2D eigenvalue weighted by molar-refractivity contribution is 5.54. The van der Waals surface area contributed by atoms with Crippen molar-refractivity contribution in [1.82, 2.24) is 0 Å². The second-order valence-corrected chi connectivity index (χ2v) is 5.26. The summed E-state index contributed by atoms with van der Waals surface area (Å²) in [7, 11) is 3.08. The van der Waals surface area contributed by atoms with Crippen molar-refractivity contribution in [2.24, 2.45) is 0 Å². The highest BCUT2D eigenvalue weighted by Crippen LogP contribution is 2.30. The molecule has 0 heterocycles. The zero-order valence-electron chi connectivity index (χ0n) is 13.8. The Balaban J connectivity index is 2.12. The first kappa shape index (κ1) is 17.6. The molecular weight excluding hydrogens is 312 g/mol. The normalized spacial score (nSPS) is 11.7. The predicted molar refractivity (Wildman–Crippen MR) is 90.8 cm³/mol. The monoisotopic (exact) mass is 332 g/mol. The van der Waals surface area contributed by atoms with Crippen LogP contribution in [0.2, 0.25) is 0 Å². The second kappa shape index (κ2) is 7.65. The van der Waals surface area contributed by atoms with Gasteiger partial charge in [-0.2, -0.15) is 0 Å². The van der Waals surface area contributed by atoms with Gasteiger partial charge in [0.15, 0.2) is 0 Å². The molecule has 2 aromatic carbocycles. The topological polar surface area (TPSA) is 93.9 Å². The van der Waals surface area contributed by atoms with Crippen molar-refractivity contribution in [3.8, 4) is 11.5 Å². The number of ether oxygens (including phenoxy) is 2. The number of aryl methyl sites for hydroxylation is 1. The molecule has 24 heavy (non-hydrogen) atoms. The van der Waals surface area contributed by atoms with Gasteiger partial charge in [0.2, 0.25) is 0 Å². The summed E-state index contributed by atoms with van der Waals surface area (Å²) in [4.78, 5) is 10.4. The van der Waals surface area contributed by atoms with E-state index in [4.69, 9.17) is 9.47 Å². The van der Waals surface area contributed by atoms with Crippen LogP contribution < -0.4 is 14.8 Å². The lowest BCUT2D eigenvalue weighted by molar-refractivity contribution is -0.385. The van der Waals surface area contributed by atoms with E-state index in [2.05, 4.69) is 5.32 Å². The van der Waals surface area contributed by atoms with Crippen LogP contribution in [0.4, 0.5) is 11.4 Å². The second-order valence-electron chi connectivity index (χ2n) is 5.26. The fourth-order valence-electron chi connectivity index (χ4n) is 2.39. The maximum atomic E-state index is 10.8. The van der Waals surface area contributed by atoms with Gasteiger partial charge in [0.1, 0.15) is 11.5 Å². The predicted octanol–water partition coefficient (Wildman–Crippen LogP) is 3.07. The highest BCUT2D eigenvalue weighted by atomic mass is 16.6. The van der Waals surface area contributed by atoms with Crippen LogP contribution in [-0.4, -0.2) is 30.8 Å². The van der Waals surface area contributed by atoms with Crippen LogP contribution in [0.1, 0.15) is 17.2 Å². The third-order valence-electron chi connectivity index (χ3n) is 3.69. The smallest absolute Gasteiger partial charge is 0.272 e. The molecule has 1 atom stereocenters. The van der Waals surface area contributed by atoms with Gasteiger partial charge in [-0.05, 0) is 37.3 Å². The number of nitrogens with zero attached hydrogens (tertiary/aromatic N) is 1. The number of nitro groups is 1. The van der Waals surface area contributed by atoms with E-state index in [1.165, 1.54) is 13.2 Å². The maximum Gasteiger partial charge on any atom is 0.272 e. The van der Waals surface area contributed by atoms with Crippen LogP contribution in [0.15, 0.2) is 36.4 Å². The molecule has 2 aromatic rings. The highest BCUT2D eigenvalue weighted by Gasteiger charge is 2.15. The lowest BCUT2D eigenvalue weighted by atomic mass is 10.1. The van der Waals surface area contributed by atoms with E-state index in [9.17, 15) is 15.2 Å². The number of benzene rings is 2. The van der Waals surface area contributed by atoms with Crippen LogP contribution in [-0.2, 0) is 0 Å². The Kier molecular flexibility index (Phi) is 5.59. The Morgan fingerprint density at radius 2 is 1.96 bits per heavy atom. The van der Waals surface area contributed by atoms with Gasteiger partial charge in [0, 0.05) is 29.4 Å². The van der Waals surface area contributed by atoms with Gasteiger partial charge >= 0.3 is 0 Å². The van der Waals surface area contributed by atoms with Crippen molar-refractivity contribution < 1.29 is 19.5 Å². The van der Waals surface area contributed by atoms with Crippen LogP contribution >= 0.6 is 0 Å². The summed E-state index contributed by atoms with van der Waals surface area (Å²) in [6, 6.07) is 9.92. The van der Waals surface area contributed by atoms with Crippen LogP contribution in [0.25, 0.3) is 0 Å². The van der Waals surface area contributed by atoms with Crippen LogP contribution in [0.5, 0.6) is 11.5 Å². The summed E-state index contributed by atoms with van der Waals surface area (Å²) < 4.78 is 10.4. The number of nitro benzene ring substituents is 1. The fraction of sp³-hybridized carbons (Fsp3) is 0.294. The molecule has 0 aliphatic rings. The van der Waals surface area contributed by atoms with E-state index >= 15 is 0 Å². The van der Waals surface area contributed by atoms with Gasteiger partial charge in [-0.3, -0.25) is 10.1 Å². The zero-order chi connectivity index (χ0) is 17.7. The van der Waals surface area contributed by atoms with E-state index in [1.807, 2.05) is 0 Å². The molecule has 128 valence electrons. The molecule has 0 bridgehead atoms. The summed E-state index contributed by atoms with van der Waals surface area (Å²) in [6.07, 6.45) is -0.828. The van der Waals surface area contributed by atoms with Crippen LogP contribution in [0.3, 0.4) is 0 Å². The number of methoxy groups -OCH3 is 2. The minimum atomic E-state index is -0.828. The molecule has 0 saturated carbocycles. The molecule has 0 radical (unpaired) electrons. The molecule has 2 rings (SSSR count). The van der Waals surface area contributed by atoms with Crippen molar-refractivity contribution in [3.05, 3.63) is 57.6 Å². The first-order chi connectivity index (χ1) is 11.5. The van der Waals surface area contributed by atoms with E-state index < -0.39 is 11.0 Å². The molecule has 1 unspecified atom stereocenters. The van der Waals surface area contributed by atoms with E-state index in [0.29, 0.717) is 28.3 Å². The third-order valence-corrected chi connectivity index (χ3v) is 3.69. The standard InChI is InChI=1S/C17H20N2O5/c1-11-8-12(4-6-15(11)19(21)22)18-10-16(20)14-9-13(23-2)5-7-17(14)24-3/h4-9,16,18,20H,10H2,1-3H3. The lowest BCUT2D eigenvalue weighted by Crippen LogP contribution is -2.13. The molecule has 7 nitrogen and oxygen atoms in total. The Labute approximate surface area is 140 Å². The minimum Gasteiger partial charge on any atom is -0.497 e. The first-order valence-electron chi connectivity index (χ1n) is 7.35. The quantitative estimate of drug-likeness (QED) is 0.598. The van der Waals surface area contributed by atoms with E-state index in [-0.39, 0.29) is 12.2 Å². The summed E-state index contributed by atoms with van der Waals surface area (Å²) in [5.41, 5.74) is 1.91. The van der Waals surface area contributed by atoms with E-state index in [1.54, 1.807) is 44.4 Å². The number of anilines is 1. The molecule has 2 N–H and O–H groups in total. The zero-order valence-corrected chi connectivity index (χ0v) is 13.8. The molecule has 0 fully saturated rings. The molecular formula is C17H20N2O5. The largest absolute Gasteiger partial charge is 0.497 e.